The van der Waals surface area contributed by atoms with E-state index < -0.39 is 11.1 Å². The fourth-order valence-electron chi connectivity index (χ4n) is 2.80. The van der Waals surface area contributed by atoms with Crippen molar-refractivity contribution in [2.75, 3.05) is 0 Å². The number of furan rings is 1. The Hall–Kier alpha value is -2.54. The Morgan fingerprint density at radius 2 is 1.79 bits per heavy atom. The monoisotopic (exact) mass is 447 g/mol. The second-order valence-corrected chi connectivity index (χ2v) is 8.06. The average Bonchev–Trinajstić information content (AvgIpc) is 3.24. The quantitative estimate of drug-likeness (QED) is 0.421. The lowest BCUT2D eigenvalue weighted by Crippen LogP contribution is -2.27. The van der Waals surface area contributed by atoms with Gasteiger partial charge < -0.3 is 4.42 Å². The minimum Gasteiger partial charge on any atom is -0.457 e. The highest BCUT2D eigenvalue weighted by Gasteiger charge is 2.35. The lowest BCUT2D eigenvalue weighted by Gasteiger charge is -2.12. The van der Waals surface area contributed by atoms with Crippen molar-refractivity contribution in [2.45, 2.75) is 6.54 Å². The number of rotatable bonds is 4. The molecule has 29 heavy (non-hydrogen) atoms. The first kappa shape index (κ1) is 19.8. The maximum Gasteiger partial charge on any atom is 0.293 e. The van der Waals surface area contributed by atoms with Gasteiger partial charge in [0.2, 0.25) is 0 Å². The molecule has 3 aromatic rings. The second-order valence-electron chi connectivity index (χ2n) is 6.22. The SMILES string of the molecule is O=C1S/C(=C\c2ccc(-c3ccc(Cl)cc3Cl)o2)C(=O)N1Cc1ccc(F)cc1. The number of carbonyl (C=O) groups is 2. The van der Waals surface area contributed by atoms with Crippen LogP contribution in [-0.4, -0.2) is 16.0 Å². The van der Waals surface area contributed by atoms with Gasteiger partial charge >= 0.3 is 0 Å². The summed E-state index contributed by atoms with van der Waals surface area (Å²) in [5.74, 6) is 0.130. The molecule has 4 nitrogen and oxygen atoms in total. The summed E-state index contributed by atoms with van der Waals surface area (Å²) >= 11 is 12.9. The molecule has 0 unspecified atom stereocenters. The first-order valence-corrected chi connectivity index (χ1v) is 10.0. The number of hydrogen-bond acceptors (Lipinski definition) is 4. The van der Waals surface area contributed by atoms with E-state index in [1.54, 1.807) is 30.3 Å². The van der Waals surface area contributed by atoms with Gasteiger partial charge in [0.05, 0.1) is 16.5 Å². The van der Waals surface area contributed by atoms with Crippen LogP contribution in [0.1, 0.15) is 11.3 Å². The molecule has 0 N–H and O–H groups in total. The third-order valence-corrected chi connectivity index (χ3v) is 5.68. The minimum absolute atomic E-state index is 0.0755. The van der Waals surface area contributed by atoms with E-state index in [-0.39, 0.29) is 17.3 Å². The number of halogens is 3. The van der Waals surface area contributed by atoms with E-state index in [1.165, 1.54) is 30.3 Å². The molecule has 0 saturated carbocycles. The molecule has 1 saturated heterocycles. The molecular formula is C21H12Cl2FNO3S. The smallest absolute Gasteiger partial charge is 0.293 e. The van der Waals surface area contributed by atoms with Gasteiger partial charge in [0, 0.05) is 16.7 Å². The molecule has 2 amide bonds. The zero-order valence-corrected chi connectivity index (χ0v) is 17.0. The summed E-state index contributed by atoms with van der Waals surface area (Å²) in [6.07, 6.45) is 1.52. The first-order valence-electron chi connectivity index (χ1n) is 8.46. The van der Waals surface area contributed by atoms with Crippen LogP contribution in [0.25, 0.3) is 17.4 Å². The van der Waals surface area contributed by atoms with Crippen LogP contribution in [0.3, 0.4) is 0 Å². The van der Waals surface area contributed by atoms with Gasteiger partial charge in [0.15, 0.2) is 0 Å². The molecule has 2 aromatic carbocycles. The van der Waals surface area contributed by atoms with Crippen molar-refractivity contribution in [1.29, 1.82) is 0 Å². The fourth-order valence-corrected chi connectivity index (χ4v) is 4.12. The van der Waals surface area contributed by atoms with E-state index in [0.29, 0.717) is 32.7 Å². The molecule has 4 rings (SSSR count). The standard InChI is InChI=1S/C21H12Cl2FNO3S/c22-13-3-7-16(17(23)9-13)18-8-6-15(28-18)10-19-20(26)25(21(27)29-19)11-12-1-4-14(24)5-2-12/h1-10H,11H2/b19-10-. The van der Waals surface area contributed by atoms with Crippen LogP contribution in [0.5, 0.6) is 0 Å². The van der Waals surface area contributed by atoms with Gasteiger partial charge in [-0.2, -0.15) is 0 Å². The maximum atomic E-state index is 13.0. The molecule has 1 aliphatic heterocycles. The third-order valence-electron chi connectivity index (χ3n) is 4.22. The molecule has 2 heterocycles. The number of carbonyl (C=O) groups excluding carboxylic acids is 2. The Labute approximate surface area is 179 Å². The van der Waals surface area contributed by atoms with E-state index in [0.717, 1.165) is 16.7 Å². The third kappa shape index (κ3) is 4.24. The van der Waals surface area contributed by atoms with Gasteiger partial charge in [-0.15, -0.1) is 0 Å². The zero-order valence-electron chi connectivity index (χ0n) is 14.7. The van der Waals surface area contributed by atoms with Crippen molar-refractivity contribution < 1.29 is 18.4 Å². The molecule has 1 fully saturated rings. The van der Waals surface area contributed by atoms with Crippen molar-refractivity contribution in [3.05, 3.63) is 86.7 Å². The number of nitrogens with zero attached hydrogens (tertiary/aromatic N) is 1. The predicted molar refractivity (Wildman–Crippen MR) is 112 cm³/mol. The number of amides is 2. The number of imide groups is 1. The van der Waals surface area contributed by atoms with Crippen LogP contribution in [0.4, 0.5) is 9.18 Å². The number of thioether (sulfide) groups is 1. The van der Waals surface area contributed by atoms with E-state index in [4.69, 9.17) is 27.6 Å². The zero-order chi connectivity index (χ0) is 20.5. The van der Waals surface area contributed by atoms with Crippen LogP contribution in [0.2, 0.25) is 10.0 Å². The van der Waals surface area contributed by atoms with Crippen LogP contribution in [0, 0.1) is 5.82 Å². The van der Waals surface area contributed by atoms with Gasteiger partial charge in [-0.25, -0.2) is 4.39 Å². The maximum absolute atomic E-state index is 13.0. The Kier molecular flexibility index (Phi) is 5.50. The van der Waals surface area contributed by atoms with Crippen molar-refractivity contribution in [1.82, 2.24) is 4.90 Å². The summed E-state index contributed by atoms with van der Waals surface area (Å²) in [5, 5.41) is 0.566. The Morgan fingerprint density at radius 3 is 2.52 bits per heavy atom. The van der Waals surface area contributed by atoms with E-state index in [9.17, 15) is 14.0 Å². The minimum atomic E-state index is -0.424. The van der Waals surface area contributed by atoms with E-state index in [2.05, 4.69) is 0 Å². The largest absolute Gasteiger partial charge is 0.457 e. The highest BCUT2D eigenvalue weighted by molar-refractivity contribution is 8.18. The molecule has 1 aromatic heterocycles. The lowest BCUT2D eigenvalue weighted by atomic mass is 10.2. The van der Waals surface area contributed by atoms with Gasteiger partial charge in [-0.3, -0.25) is 14.5 Å². The molecule has 146 valence electrons. The normalized spacial score (nSPS) is 15.6. The fraction of sp³-hybridized carbons (Fsp3) is 0.0476. The van der Waals surface area contributed by atoms with Crippen molar-refractivity contribution in [2.24, 2.45) is 0 Å². The predicted octanol–water partition coefficient (Wildman–Crippen LogP) is 6.63. The molecule has 1 aliphatic rings. The van der Waals surface area contributed by atoms with Gasteiger partial charge in [0.25, 0.3) is 11.1 Å². The molecular weight excluding hydrogens is 436 g/mol. The highest BCUT2D eigenvalue weighted by atomic mass is 35.5. The summed E-state index contributed by atoms with van der Waals surface area (Å²) < 4.78 is 18.8. The second kappa shape index (κ2) is 8.06. The van der Waals surface area contributed by atoms with E-state index >= 15 is 0 Å². The van der Waals surface area contributed by atoms with Crippen molar-refractivity contribution in [3.8, 4) is 11.3 Å². The molecule has 0 bridgehead atoms. The van der Waals surface area contributed by atoms with Crippen LogP contribution in [0.15, 0.2) is 63.9 Å². The van der Waals surface area contributed by atoms with E-state index in [1.807, 2.05) is 0 Å². The Morgan fingerprint density at radius 1 is 1.03 bits per heavy atom. The van der Waals surface area contributed by atoms with Crippen molar-refractivity contribution in [3.63, 3.8) is 0 Å². The Bertz CT molecular complexity index is 1140. The lowest BCUT2D eigenvalue weighted by molar-refractivity contribution is -0.123. The average molecular weight is 448 g/mol. The van der Waals surface area contributed by atoms with Gasteiger partial charge in [-0.05, 0) is 59.8 Å². The van der Waals surface area contributed by atoms with Crippen LogP contribution in [-0.2, 0) is 11.3 Å². The first-order chi connectivity index (χ1) is 13.9. The highest BCUT2D eigenvalue weighted by Crippen LogP contribution is 2.35. The molecule has 0 radical (unpaired) electrons. The molecule has 0 aliphatic carbocycles. The Balaban J connectivity index is 1.54. The summed E-state index contributed by atoms with van der Waals surface area (Å²) in [5.41, 5.74) is 1.33. The topological polar surface area (TPSA) is 50.5 Å². The number of benzene rings is 2. The van der Waals surface area contributed by atoms with Crippen LogP contribution < -0.4 is 0 Å². The van der Waals surface area contributed by atoms with Gasteiger partial charge in [0.1, 0.15) is 17.3 Å². The molecule has 8 heteroatoms. The number of hydrogen-bond donors (Lipinski definition) is 0. The van der Waals surface area contributed by atoms with Crippen LogP contribution >= 0.6 is 35.0 Å². The summed E-state index contributed by atoms with van der Waals surface area (Å²) in [6, 6.07) is 14.1. The molecule has 0 atom stereocenters. The van der Waals surface area contributed by atoms with Crippen molar-refractivity contribution >= 4 is 52.2 Å². The summed E-state index contributed by atoms with van der Waals surface area (Å²) in [6.45, 7) is 0.0755. The summed E-state index contributed by atoms with van der Waals surface area (Å²) in [7, 11) is 0. The molecule has 0 spiro atoms. The van der Waals surface area contributed by atoms with Gasteiger partial charge in [-0.1, -0.05) is 35.3 Å². The summed E-state index contributed by atoms with van der Waals surface area (Å²) in [4.78, 5) is 26.2.